The van der Waals surface area contributed by atoms with Gasteiger partial charge in [-0.05, 0) is 29.8 Å². The van der Waals surface area contributed by atoms with Gasteiger partial charge in [-0.25, -0.2) is 0 Å². The fourth-order valence-corrected chi connectivity index (χ4v) is 2.94. The summed E-state index contributed by atoms with van der Waals surface area (Å²) in [5, 5.41) is 8.77. The SMILES string of the molecule is N#Cc1cccc(CS(=O)(=O)Oc2ccccc2C(F)(F)F)c1. The zero-order valence-electron chi connectivity index (χ0n) is 11.5. The Labute approximate surface area is 130 Å². The summed E-state index contributed by atoms with van der Waals surface area (Å²) >= 11 is 0. The number of rotatable bonds is 4. The molecule has 0 aliphatic heterocycles. The molecule has 0 N–H and O–H groups in total. The lowest BCUT2D eigenvalue weighted by atomic mass is 10.2. The Bertz CT molecular complexity index is 855. The molecule has 120 valence electrons. The van der Waals surface area contributed by atoms with E-state index in [0.717, 1.165) is 18.2 Å². The number of para-hydroxylation sites is 1. The molecule has 0 saturated heterocycles. The molecule has 0 unspecified atom stereocenters. The third-order valence-corrected chi connectivity index (χ3v) is 3.93. The van der Waals surface area contributed by atoms with Gasteiger partial charge < -0.3 is 4.18 Å². The number of halogens is 3. The van der Waals surface area contributed by atoms with Crippen molar-refractivity contribution >= 4 is 10.1 Å². The molecule has 23 heavy (non-hydrogen) atoms. The third-order valence-electron chi connectivity index (χ3n) is 2.81. The first-order chi connectivity index (χ1) is 10.7. The van der Waals surface area contributed by atoms with Crippen molar-refractivity contribution in [2.24, 2.45) is 0 Å². The molecule has 2 rings (SSSR count). The molecule has 0 radical (unpaired) electrons. The minimum absolute atomic E-state index is 0.244. The normalized spacial score (nSPS) is 11.7. The van der Waals surface area contributed by atoms with Gasteiger partial charge in [0.25, 0.3) is 0 Å². The zero-order valence-corrected chi connectivity index (χ0v) is 12.4. The van der Waals surface area contributed by atoms with Crippen molar-refractivity contribution in [2.45, 2.75) is 11.9 Å². The summed E-state index contributed by atoms with van der Waals surface area (Å²) in [6, 6.07) is 11.6. The van der Waals surface area contributed by atoms with Crippen molar-refractivity contribution in [3.05, 3.63) is 65.2 Å². The fraction of sp³-hybridized carbons (Fsp3) is 0.133. The largest absolute Gasteiger partial charge is 0.420 e. The number of alkyl halides is 3. The Morgan fingerprint density at radius 2 is 1.78 bits per heavy atom. The summed E-state index contributed by atoms with van der Waals surface area (Å²) in [5.41, 5.74) is -0.684. The molecule has 0 atom stereocenters. The van der Waals surface area contributed by atoms with Crippen molar-refractivity contribution in [2.75, 3.05) is 0 Å². The average Bonchev–Trinajstić information content (AvgIpc) is 2.46. The molecule has 0 spiro atoms. The summed E-state index contributed by atoms with van der Waals surface area (Å²) in [6.07, 6.45) is -4.73. The van der Waals surface area contributed by atoms with Gasteiger partial charge >= 0.3 is 16.3 Å². The average molecular weight is 341 g/mol. The number of hydrogen-bond donors (Lipinski definition) is 0. The van der Waals surface area contributed by atoms with Gasteiger partial charge in [-0.2, -0.15) is 26.9 Å². The topological polar surface area (TPSA) is 67.2 Å². The van der Waals surface area contributed by atoms with Crippen molar-refractivity contribution < 1.29 is 25.8 Å². The van der Waals surface area contributed by atoms with Crippen molar-refractivity contribution in [1.82, 2.24) is 0 Å². The Morgan fingerprint density at radius 1 is 1.09 bits per heavy atom. The van der Waals surface area contributed by atoms with Gasteiger partial charge in [0.1, 0.15) is 5.75 Å². The molecule has 0 bridgehead atoms. The van der Waals surface area contributed by atoms with Crippen molar-refractivity contribution in [3.63, 3.8) is 0 Å². The first-order valence-corrected chi connectivity index (χ1v) is 7.86. The molecule has 0 saturated carbocycles. The maximum absolute atomic E-state index is 12.8. The Balaban J connectivity index is 2.27. The van der Waals surface area contributed by atoms with Crippen LogP contribution in [-0.2, 0) is 22.0 Å². The van der Waals surface area contributed by atoms with Crippen LogP contribution in [-0.4, -0.2) is 8.42 Å². The summed E-state index contributed by atoms with van der Waals surface area (Å²) in [7, 11) is -4.30. The van der Waals surface area contributed by atoms with E-state index in [4.69, 9.17) is 5.26 Å². The van der Waals surface area contributed by atoms with E-state index in [0.29, 0.717) is 0 Å². The van der Waals surface area contributed by atoms with Crippen molar-refractivity contribution in [1.29, 1.82) is 5.26 Å². The second-order valence-electron chi connectivity index (χ2n) is 4.59. The van der Waals surface area contributed by atoms with Gasteiger partial charge in [-0.15, -0.1) is 0 Å². The predicted octanol–water partition coefficient (Wildman–Crippen LogP) is 3.49. The van der Waals surface area contributed by atoms with Crippen LogP contribution in [0.3, 0.4) is 0 Å². The van der Waals surface area contributed by atoms with Gasteiger partial charge in [-0.3, -0.25) is 0 Å². The van der Waals surface area contributed by atoms with Gasteiger partial charge in [0.05, 0.1) is 17.2 Å². The number of benzene rings is 2. The first kappa shape index (κ1) is 16.8. The summed E-state index contributed by atoms with van der Waals surface area (Å²) < 4.78 is 67.1. The van der Waals surface area contributed by atoms with Crippen LogP contribution < -0.4 is 4.18 Å². The lowest BCUT2D eigenvalue weighted by molar-refractivity contribution is -0.138. The molecular formula is C15H10F3NO3S. The lowest BCUT2D eigenvalue weighted by Gasteiger charge is -2.13. The molecular weight excluding hydrogens is 331 g/mol. The molecule has 0 heterocycles. The first-order valence-electron chi connectivity index (χ1n) is 6.29. The van der Waals surface area contributed by atoms with Crippen LogP contribution in [0.1, 0.15) is 16.7 Å². The molecule has 0 aromatic heterocycles. The van der Waals surface area contributed by atoms with Crippen LogP contribution >= 0.6 is 0 Å². The van der Waals surface area contributed by atoms with Crippen LogP contribution in [0.4, 0.5) is 13.2 Å². The summed E-state index contributed by atoms with van der Waals surface area (Å²) in [5.74, 6) is -1.43. The van der Waals surface area contributed by atoms with E-state index in [1.54, 1.807) is 0 Å². The fourth-order valence-electron chi connectivity index (χ4n) is 1.87. The Hall–Kier alpha value is -2.53. The third kappa shape index (κ3) is 4.47. The maximum Gasteiger partial charge on any atom is 0.420 e. The zero-order chi connectivity index (χ0) is 17.1. The van der Waals surface area contributed by atoms with E-state index in [-0.39, 0.29) is 11.1 Å². The molecule has 0 aliphatic carbocycles. The smallest absolute Gasteiger partial charge is 0.382 e. The Kier molecular flexibility index (Phi) is 4.61. The molecule has 0 fully saturated rings. The lowest BCUT2D eigenvalue weighted by Crippen LogP contribution is -2.15. The second-order valence-corrected chi connectivity index (χ2v) is 6.16. The number of hydrogen-bond acceptors (Lipinski definition) is 4. The molecule has 2 aromatic carbocycles. The minimum Gasteiger partial charge on any atom is -0.382 e. The van der Waals surface area contributed by atoms with Crippen LogP contribution in [0.15, 0.2) is 48.5 Å². The highest BCUT2D eigenvalue weighted by Gasteiger charge is 2.35. The maximum atomic E-state index is 12.8. The van der Waals surface area contributed by atoms with Crippen LogP contribution in [0.5, 0.6) is 5.75 Å². The van der Waals surface area contributed by atoms with Crippen LogP contribution in [0, 0.1) is 11.3 Å². The summed E-state index contributed by atoms with van der Waals surface area (Å²) in [4.78, 5) is 0. The van der Waals surface area contributed by atoms with Gasteiger partial charge in [-0.1, -0.05) is 24.3 Å². The monoisotopic (exact) mass is 341 g/mol. The van der Waals surface area contributed by atoms with Gasteiger partial charge in [0.15, 0.2) is 5.75 Å². The highest BCUT2D eigenvalue weighted by Crippen LogP contribution is 2.36. The predicted molar refractivity (Wildman–Crippen MR) is 75.9 cm³/mol. The van der Waals surface area contributed by atoms with E-state index in [1.165, 1.54) is 30.3 Å². The molecule has 0 aliphatic rings. The van der Waals surface area contributed by atoms with Crippen LogP contribution in [0.25, 0.3) is 0 Å². The van der Waals surface area contributed by atoms with E-state index in [1.807, 2.05) is 6.07 Å². The standard InChI is InChI=1S/C15H10F3NO3S/c16-15(17,18)13-6-1-2-7-14(13)22-23(20,21)10-12-5-3-4-11(8-12)9-19/h1-8H,10H2. The highest BCUT2D eigenvalue weighted by molar-refractivity contribution is 7.86. The molecule has 8 heteroatoms. The van der Waals surface area contributed by atoms with E-state index in [9.17, 15) is 21.6 Å². The van der Waals surface area contributed by atoms with E-state index in [2.05, 4.69) is 4.18 Å². The molecule has 4 nitrogen and oxygen atoms in total. The van der Waals surface area contributed by atoms with Crippen LogP contribution in [0.2, 0.25) is 0 Å². The molecule has 2 aromatic rings. The van der Waals surface area contributed by atoms with Gasteiger partial charge in [0, 0.05) is 0 Å². The van der Waals surface area contributed by atoms with E-state index < -0.39 is 33.4 Å². The summed E-state index contributed by atoms with van der Waals surface area (Å²) in [6.45, 7) is 0. The van der Waals surface area contributed by atoms with E-state index >= 15 is 0 Å². The number of nitriles is 1. The Morgan fingerprint density at radius 3 is 2.43 bits per heavy atom. The van der Waals surface area contributed by atoms with Gasteiger partial charge in [0.2, 0.25) is 0 Å². The molecule has 0 amide bonds. The minimum atomic E-state index is -4.73. The van der Waals surface area contributed by atoms with Crippen molar-refractivity contribution in [3.8, 4) is 11.8 Å². The quantitative estimate of drug-likeness (QED) is 0.799. The highest BCUT2D eigenvalue weighted by atomic mass is 32.2. The second kappa shape index (κ2) is 6.30. The number of nitrogens with zero attached hydrogens (tertiary/aromatic N) is 1.